The fourth-order valence-electron chi connectivity index (χ4n) is 2.02. The summed E-state index contributed by atoms with van der Waals surface area (Å²) in [6.45, 7) is -0.240. The smallest absolute Gasteiger partial charge is 0.343 e. The molecule has 9 heteroatoms. The van der Waals surface area contributed by atoms with Crippen molar-refractivity contribution in [2.45, 2.75) is 0 Å². The summed E-state index contributed by atoms with van der Waals surface area (Å²) in [5, 5.41) is 12.4. The van der Waals surface area contributed by atoms with Gasteiger partial charge in [0.1, 0.15) is 17.4 Å². The molecule has 0 radical (unpaired) electrons. The molecule has 0 unspecified atom stereocenters. The van der Waals surface area contributed by atoms with Gasteiger partial charge in [-0.3, -0.25) is 4.79 Å². The van der Waals surface area contributed by atoms with Crippen LogP contribution in [0.2, 0.25) is 10.0 Å². The van der Waals surface area contributed by atoms with E-state index < -0.39 is 11.9 Å². The van der Waals surface area contributed by atoms with Gasteiger partial charge in [-0.15, -0.1) is 0 Å². The van der Waals surface area contributed by atoms with E-state index in [2.05, 4.69) is 26.0 Å². The van der Waals surface area contributed by atoms with E-state index in [0.717, 1.165) is 0 Å². The number of nitrogens with zero attached hydrogens (tertiary/aromatic N) is 1. The van der Waals surface area contributed by atoms with E-state index in [1.54, 1.807) is 36.4 Å². The Morgan fingerprint density at radius 2 is 2.04 bits per heavy atom. The van der Waals surface area contributed by atoms with Crippen LogP contribution in [0.1, 0.15) is 5.56 Å². The van der Waals surface area contributed by atoms with Gasteiger partial charge in [-0.1, -0.05) is 35.3 Å². The van der Waals surface area contributed by atoms with Crippen LogP contribution in [-0.4, -0.2) is 25.6 Å². The number of nitrogens with one attached hydrogen (secondary N) is 1. The SMILES string of the molecule is COC(=O)COc1ccc(/C=C(/C#N)C(=O)Nc2cccc(Cl)c2Cl)cc1Br. The van der Waals surface area contributed by atoms with Crippen molar-refractivity contribution in [1.29, 1.82) is 5.26 Å². The first-order chi connectivity index (χ1) is 13.3. The number of carbonyl (C=O) groups excluding carboxylic acids is 2. The highest BCUT2D eigenvalue weighted by Gasteiger charge is 2.13. The normalized spacial score (nSPS) is 10.8. The standard InChI is InChI=1S/C19H13BrCl2N2O4/c1-27-17(25)10-28-16-6-5-11(8-13(16)20)7-12(9-23)19(26)24-15-4-2-3-14(21)18(15)22/h2-8H,10H2,1H3,(H,24,26)/b12-7-. The molecule has 0 aliphatic rings. The minimum atomic E-state index is -0.631. The molecular weight excluding hydrogens is 471 g/mol. The van der Waals surface area contributed by atoms with Gasteiger partial charge >= 0.3 is 5.97 Å². The Morgan fingerprint density at radius 1 is 1.29 bits per heavy atom. The lowest BCUT2D eigenvalue weighted by Crippen LogP contribution is -2.14. The highest BCUT2D eigenvalue weighted by molar-refractivity contribution is 9.10. The Hall–Kier alpha value is -2.53. The number of nitriles is 1. The maximum atomic E-state index is 12.4. The molecule has 1 N–H and O–H groups in total. The molecule has 0 fully saturated rings. The van der Waals surface area contributed by atoms with E-state index in [0.29, 0.717) is 21.5 Å². The summed E-state index contributed by atoms with van der Waals surface area (Å²) in [6, 6.07) is 11.5. The molecule has 6 nitrogen and oxygen atoms in total. The van der Waals surface area contributed by atoms with Gasteiger partial charge in [-0.2, -0.15) is 5.26 Å². The van der Waals surface area contributed by atoms with Crippen molar-refractivity contribution in [3.8, 4) is 11.8 Å². The predicted octanol–water partition coefficient (Wildman–Crippen LogP) is 4.85. The van der Waals surface area contributed by atoms with Gasteiger partial charge in [0.05, 0.1) is 27.3 Å². The molecule has 28 heavy (non-hydrogen) atoms. The van der Waals surface area contributed by atoms with Crippen molar-refractivity contribution in [3.63, 3.8) is 0 Å². The Balaban J connectivity index is 2.18. The van der Waals surface area contributed by atoms with E-state index in [9.17, 15) is 14.9 Å². The van der Waals surface area contributed by atoms with Crippen molar-refractivity contribution >= 4 is 62.8 Å². The molecule has 2 aromatic rings. The molecule has 2 rings (SSSR count). The number of methoxy groups -OCH3 is 1. The molecule has 0 atom stereocenters. The molecule has 144 valence electrons. The molecule has 2 aromatic carbocycles. The van der Waals surface area contributed by atoms with Gasteiger partial charge in [0.15, 0.2) is 6.61 Å². The molecule has 0 aliphatic heterocycles. The maximum absolute atomic E-state index is 12.4. The second-order valence-electron chi connectivity index (χ2n) is 5.28. The van der Waals surface area contributed by atoms with Gasteiger partial charge in [-0.05, 0) is 51.8 Å². The van der Waals surface area contributed by atoms with E-state index >= 15 is 0 Å². The summed E-state index contributed by atoms with van der Waals surface area (Å²) in [4.78, 5) is 23.5. The molecule has 1 amide bonds. The summed E-state index contributed by atoms with van der Waals surface area (Å²) in [5.41, 5.74) is 0.736. The lowest BCUT2D eigenvalue weighted by molar-refractivity contribution is -0.142. The Labute approximate surface area is 179 Å². The summed E-state index contributed by atoms with van der Waals surface area (Å²) < 4.78 is 10.4. The molecule has 0 aliphatic carbocycles. The molecule has 0 spiro atoms. The fourth-order valence-corrected chi connectivity index (χ4v) is 2.88. The minimum Gasteiger partial charge on any atom is -0.481 e. The quantitative estimate of drug-likeness (QED) is 0.360. The van der Waals surface area contributed by atoms with Crippen LogP contribution >= 0.6 is 39.1 Å². The summed E-state index contributed by atoms with van der Waals surface area (Å²) in [7, 11) is 1.26. The highest BCUT2D eigenvalue weighted by atomic mass is 79.9. The molecule has 0 aromatic heterocycles. The van der Waals surface area contributed by atoms with Crippen LogP contribution in [-0.2, 0) is 14.3 Å². The van der Waals surface area contributed by atoms with Crippen LogP contribution in [0.25, 0.3) is 6.08 Å². The van der Waals surface area contributed by atoms with Crippen LogP contribution in [0, 0.1) is 11.3 Å². The van der Waals surface area contributed by atoms with Crippen molar-refractivity contribution in [2.75, 3.05) is 19.0 Å². The maximum Gasteiger partial charge on any atom is 0.343 e. The third-order valence-corrected chi connectivity index (χ3v) is 4.84. The van der Waals surface area contributed by atoms with E-state index in [-0.39, 0.29) is 22.2 Å². The van der Waals surface area contributed by atoms with E-state index in [1.165, 1.54) is 13.2 Å². The zero-order valence-corrected chi connectivity index (χ0v) is 17.6. The number of esters is 1. The number of amides is 1. The van der Waals surface area contributed by atoms with Crippen LogP contribution in [0.15, 0.2) is 46.4 Å². The van der Waals surface area contributed by atoms with Crippen LogP contribution in [0.4, 0.5) is 5.69 Å². The van der Waals surface area contributed by atoms with E-state index in [1.807, 2.05) is 6.07 Å². The number of carbonyl (C=O) groups is 2. The lowest BCUT2D eigenvalue weighted by atomic mass is 10.1. The second-order valence-corrected chi connectivity index (χ2v) is 6.92. The Morgan fingerprint density at radius 3 is 2.68 bits per heavy atom. The molecule has 0 heterocycles. The average Bonchev–Trinajstić information content (AvgIpc) is 2.68. The highest BCUT2D eigenvalue weighted by Crippen LogP contribution is 2.30. The summed E-state index contributed by atoms with van der Waals surface area (Å²) >= 11 is 15.3. The largest absolute Gasteiger partial charge is 0.481 e. The predicted molar refractivity (Wildman–Crippen MR) is 110 cm³/mol. The second kappa shape index (κ2) is 10.1. The number of hydrogen-bond acceptors (Lipinski definition) is 5. The van der Waals surface area contributed by atoms with Gasteiger partial charge < -0.3 is 14.8 Å². The van der Waals surface area contributed by atoms with Crippen LogP contribution in [0.5, 0.6) is 5.75 Å². The third kappa shape index (κ3) is 5.73. The number of hydrogen-bond donors (Lipinski definition) is 1. The number of rotatable bonds is 6. The Bertz CT molecular complexity index is 986. The van der Waals surface area contributed by atoms with Crippen LogP contribution < -0.4 is 10.1 Å². The lowest BCUT2D eigenvalue weighted by Gasteiger charge is -2.09. The topological polar surface area (TPSA) is 88.4 Å². The zero-order valence-electron chi connectivity index (χ0n) is 14.5. The first-order valence-electron chi connectivity index (χ1n) is 7.72. The average molecular weight is 484 g/mol. The number of anilines is 1. The van der Waals surface area contributed by atoms with Gasteiger partial charge in [0.25, 0.3) is 5.91 Å². The molecule has 0 saturated carbocycles. The number of ether oxygens (including phenoxy) is 2. The van der Waals surface area contributed by atoms with Crippen molar-refractivity contribution in [1.82, 2.24) is 0 Å². The fraction of sp³-hybridized carbons (Fsp3) is 0.105. The van der Waals surface area contributed by atoms with E-state index in [4.69, 9.17) is 27.9 Å². The number of benzene rings is 2. The zero-order chi connectivity index (χ0) is 20.7. The minimum absolute atomic E-state index is 0.133. The monoisotopic (exact) mass is 482 g/mol. The van der Waals surface area contributed by atoms with Crippen molar-refractivity contribution in [2.24, 2.45) is 0 Å². The van der Waals surface area contributed by atoms with Gasteiger partial charge in [0.2, 0.25) is 0 Å². The van der Waals surface area contributed by atoms with Crippen molar-refractivity contribution in [3.05, 3.63) is 62.1 Å². The van der Waals surface area contributed by atoms with Crippen molar-refractivity contribution < 1.29 is 19.1 Å². The van der Waals surface area contributed by atoms with Gasteiger partial charge in [-0.25, -0.2) is 4.79 Å². The Kier molecular flexibility index (Phi) is 7.88. The van der Waals surface area contributed by atoms with Crippen LogP contribution in [0.3, 0.4) is 0 Å². The van der Waals surface area contributed by atoms with Gasteiger partial charge in [0, 0.05) is 0 Å². The summed E-state index contributed by atoms with van der Waals surface area (Å²) in [5.74, 6) is -0.732. The first kappa shape index (κ1) is 21.8. The molecule has 0 bridgehead atoms. The third-order valence-electron chi connectivity index (χ3n) is 3.41. The number of halogens is 3. The summed E-state index contributed by atoms with van der Waals surface area (Å²) in [6.07, 6.45) is 1.41. The molecule has 0 saturated heterocycles. The molecular formula is C19H13BrCl2N2O4. The first-order valence-corrected chi connectivity index (χ1v) is 9.27.